The Morgan fingerprint density at radius 1 is 0.853 bits per heavy atom. The maximum Gasteiger partial charge on any atom is 0.302 e. The Labute approximate surface area is 210 Å². The molecule has 2 heteroatoms. The Bertz CT molecular complexity index is 883. The summed E-state index contributed by atoms with van der Waals surface area (Å²) in [7, 11) is 0. The number of hydrogen-bond acceptors (Lipinski definition) is 2. The Balaban J connectivity index is 1.51. The lowest BCUT2D eigenvalue weighted by Crippen LogP contribution is -2.66. The topological polar surface area (TPSA) is 26.3 Å². The van der Waals surface area contributed by atoms with Crippen molar-refractivity contribution in [1.82, 2.24) is 0 Å². The molecule has 0 N–H and O–H groups in total. The van der Waals surface area contributed by atoms with Gasteiger partial charge in [-0.05, 0) is 109 Å². The normalized spacial score (nSPS) is 51.6. The number of rotatable bonds is 2. The summed E-state index contributed by atoms with van der Waals surface area (Å²) in [4.78, 5) is 11.9. The van der Waals surface area contributed by atoms with Crippen LogP contribution in [0.2, 0.25) is 0 Å². The van der Waals surface area contributed by atoms with Gasteiger partial charge in [-0.15, -0.1) is 0 Å². The molecule has 2 nitrogen and oxygen atoms in total. The first-order valence-corrected chi connectivity index (χ1v) is 14.6. The molecule has 0 bridgehead atoms. The molecule has 0 saturated heterocycles. The maximum atomic E-state index is 11.9. The predicted octanol–water partition coefficient (Wildman–Crippen LogP) is 8.60. The smallest absolute Gasteiger partial charge is 0.302 e. The second kappa shape index (κ2) is 7.61. The van der Waals surface area contributed by atoms with E-state index < -0.39 is 0 Å². The van der Waals surface area contributed by atoms with Gasteiger partial charge in [-0.1, -0.05) is 67.0 Å². The first-order valence-electron chi connectivity index (χ1n) is 14.6. The van der Waals surface area contributed by atoms with Crippen LogP contribution in [0.15, 0.2) is 11.6 Å². The highest BCUT2D eigenvalue weighted by Gasteiger charge is 2.70. The van der Waals surface area contributed by atoms with Gasteiger partial charge in [0.1, 0.15) is 6.10 Å². The minimum Gasteiger partial charge on any atom is -0.462 e. The third kappa shape index (κ3) is 3.01. The minimum atomic E-state index is -0.107. The molecule has 0 amide bonds. The van der Waals surface area contributed by atoms with Gasteiger partial charge in [0.2, 0.25) is 0 Å². The van der Waals surface area contributed by atoms with E-state index in [0.29, 0.717) is 27.6 Å². The van der Waals surface area contributed by atoms with E-state index in [-0.39, 0.29) is 17.5 Å². The summed E-state index contributed by atoms with van der Waals surface area (Å²) in [5, 5.41) is 0. The summed E-state index contributed by atoms with van der Waals surface area (Å²) in [6.45, 7) is 22.0. The number of allylic oxidation sites excluding steroid dienone is 2. The molecule has 0 spiro atoms. The number of hydrogen-bond donors (Lipinski definition) is 0. The van der Waals surface area contributed by atoms with Gasteiger partial charge in [-0.2, -0.15) is 0 Å². The molecule has 5 aliphatic rings. The van der Waals surface area contributed by atoms with Gasteiger partial charge in [-0.3, -0.25) is 4.79 Å². The van der Waals surface area contributed by atoms with Crippen molar-refractivity contribution < 1.29 is 9.53 Å². The zero-order chi connectivity index (χ0) is 24.9. The van der Waals surface area contributed by atoms with E-state index >= 15 is 0 Å². The molecule has 9 atom stereocenters. The number of carbonyl (C=O) groups is 1. The summed E-state index contributed by atoms with van der Waals surface area (Å²) in [6, 6.07) is 0. The van der Waals surface area contributed by atoms with Crippen LogP contribution in [0.5, 0.6) is 0 Å². The van der Waals surface area contributed by atoms with E-state index in [1.165, 1.54) is 51.4 Å². The summed E-state index contributed by atoms with van der Waals surface area (Å²) < 4.78 is 5.91. The van der Waals surface area contributed by atoms with E-state index in [1.807, 2.05) is 5.57 Å². The first kappa shape index (κ1) is 24.9. The van der Waals surface area contributed by atoms with E-state index in [9.17, 15) is 4.79 Å². The van der Waals surface area contributed by atoms with Crippen molar-refractivity contribution in [3.63, 3.8) is 0 Å². The fraction of sp³-hybridized carbons (Fsp3) is 0.906. The number of esters is 1. The monoisotopic (exact) mass is 468 g/mol. The fourth-order valence-electron chi connectivity index (χ4n) is 11.7. The number of carbonyl (C=O) groups excluding carboxylic acids is 1. The average molecular weight is 469 g/mol. The second-order valence-corrected chi connectivity index (χ2v) is 15.2. The molecular weight excluding hydrogens is 416 g/mol. The molecule has 0 aromatic heterocycles. The van der Waals surface area contributed by atoms with Crippen molar-refractivity contribution in [2.75, 3.05) is 0 Å². The lowest BCUT2D eigenvalue weighted by atomic mass is 9.32. The zero-order valence-corrected chi connectivity index (χ0v) is 23.7. The zero-order valence-electron chi connectivity index (χ0n) is 23.7. The van der Waals surface area contributed by atoms with Crippen LogP contribution in [0.4, 0.5) is 0 Å². The molecule has 34 heavy (non-hydrogen) atoms. The molecule has 192 valence electrons. The largest absolute Gasteiger partial charge is 0.462 e. The molecule has 0 aliphatic heterocycles. The van der Waals surface area contributed by atoms with Crippen LogP contribution in [0, 0.1) is 56.7 Å². The van der Waals surface area contributed by atoms with Crippen LogP contribution in [-0.4, -0.2) is 12.1 Å². The van der Waals surface area contributed by atoms with E-state index in [1.54, 1.807) is 6.92 Å². The maximum absolute atomic E-state index is 11.9. The van der Waals surface area contributed by atoms with Crippen LogP contribution in [-0.2, 0) is 9.53 Å². The highest BCUT2D eigenvalue weighted by Crippen LogP contribution is 2.77. The van der Waals surface area contributed by atoms with Crippen LogP contribution in [0.1, 0.15) is 120 Å². The van der Waals surface area contributed by atoms with E-state index in [2.05, 4.69) is 61.5 Å². The van der Waals surface area contributed by atoms with Crippen molar-refractivity contribution in [3.05, 3.63) is 11.6 Å². The lowest BCUT2D eigenvalue weighted by Gasteiger charge is -2.72. The Morgan fingerprint density at radius 2 is 1.53 bits per heavy atom. The second-order valence-electron chi connectivity index (χ2n) is 15.2. The molecular formula is C32H52O2. The van der Waals surface area contributed by atoms with Crippen molar-refractivity contribution in [2.24, 2.45) is 56.7 Å². The molecule has 0 aromatic rings. The van der Waals surface area contributed by atoms with Gasteiger partial charge in [-0.25, -0.2) is 0 Å². The Morgan fingerprint density at radius 3 is 2.18 bits per heavy atom. The Hall–Kier alpha value is -0.790. The predicted molar refractivity (Wildman–Crippen MR) is 140 cm³/mol. The van der Waals surface area contributed by atoms with Crippen molar-refractivity contribution >= 4 is 5.97 Å². The first-order chi connectivity index (χ1) is 15.7. The van der Waals surface area contributed by atoms with Crippen LogP contribution in [0.25, 0.3) is 0 Å². The number of ether oxygens (including phenoxy) is 1. The lowest BCUT2D eigenvalue weighted by molar-refractivity contribution is -0.238. The van der Waals surface area contributed by atoms with Crippen LogP contribution >= 0.6 is 0 Å². The molecule has 9 unspecified atom stereocenters. The number of fused-ring (bicyclic) bond motifs is 7. The highest BCUT2D eigenvalue weighted by molar-refractivity contribution is 5.66. The van der Waals surface area contributed by atoms with Gasteiger partial charge in [0.05, 0.1) is 0 Å². The molecule has 4 fully saturated rings. The molecule has 4 saturated carbocycles. The van der Waals surface area contributed by atoms with Gasteiger partial charge < -0.3 is 4.74 Å². The van der Waals surface area contributed by atoms with Gasteiger partial charge >= 0.3 is 5.97 Å². The summed E-state index contributed by atoms with van der Waals surface area (Å²) >= 11 is 0. The quantitative estimate of drug-likeness (QED) is 0.299. The van der Waals surface area contributed by atoms with Crippen LogP contribution in [0.3, 0.4) is 0 Å². The van der Waals surface area contributed by atoms with Crippen molar-refractivity contribution in [3.8, 4) is 0 Å². The molecule has 0 radical (unpaired) electrons. The van der Waals surface area contributed by atoms with E-state index in [4.69, 9.17) is 4.74 Å². The molecule has 5 aliphatic carbocycles. The minimum absolute atomic E-state index is 0.0549. The third-order valence-electron chi connectivity index (χ3n) is 13.5. The van der Waals surface area contributed by atoms with Gasteiger partial charge in [0.25, 0.3) is 0 Å². The average Bonchev–Trinajstić information content (AvgIpc) is 3.08. The van der Waals surface area contributed by atoms with Gasteiger partial charge in [0, 0.05) is 12.3 Å². The van der Waals surface area contributed by atoms with E-state index in [0.717, 1.165) is 30.1 Å². The molecule has 5 rings (SSSR count). The van der Waals surface area contributed by atoms with Crippen molar-refractivity contribution in [2.45, 2.75) is 126 Å². The van der Waals surface area contributed by atoms with Gasteiger partial charge in [0.15, 0.2) is 0 Å². The third-order valence-corrected chi connectivity index (χ3v) is 13.5. The molecule has 0 heterocycles. The van der Waals surface area contributed by atoms with Crippen molar-refractivity contribution in [1.29, 1.82) is 0 Å². The standard InChI is InChI=1S/C32H52O2/c1-20(2)22-12-16-29(6)23(22)13-18-31(8)25(29)10-11-26-30(7)17-15-27(34-21(3)33)28(4,5)24(30)14-19-32(26,31)9/h13,20,22,24-27H,10-12,14-19H2,1-9H3. The SMILES string of the molecule is CC(=O)OC1CCC2(C)C(CCC3(C)C2CCC2C4(C)CCC(C(C)C)C4=CCC23C)C1(C)C. The summed E-state index contributed by atoms with van der Waals surface area (Å²) in [5.74, 6) is 3.72. The highest BCUT2D eigenvalue weighted by atomic mass is 16.5. The Kier molecular flexibility index (Phi) is 5.57. The fourth-order valence-corrected chi connectivity index (χ4v) is 11.7. The summed E-state index contributed by atoms with van der Waals surface area (Å²) in [5.41, 5.74) is 3.45. The summed E-state index contributed by atoms with van der Waals surface area (Å²) in [6.07, 6.45) is 14.6. The van der Waals surface area contributed by atoms with Crippen LogP contribution < -0.4 is 0 Å². The molecule has 0 aromatic carbocycles.